The lowest BCUT2D eigenvalue weighted by molar-refractivity contribution is -0.116. The van der Waals surface area contributed by atoms with E-state index in [2.05, 4.69) is 0 Å². The quantitative estimate of drug-likeness (QED) is 0.564. The Morgan fingerprint density at radius 1 is 1.23 bits per heavy atom. The molecule has 0 aliphatic carbocycles. The zero-order chi connectivity index (χ0) is 9.84. The molecule has 1 aromatic rings. The smallest absolute Gasteiger partial charge is 0.170 e. The molecule has 0 amide bonds. The molecule has 13 heavy (non-hydrogen) atoms. The molecule has 0 radical (unpaired) electrons. The maximum atomic E-state index is 11.3. The molecule has 0 bridgehead atoms. The van der Waals surface area contributed by atoms with Gasteiger partial charge in [0.15, 0.2) is 5.78 Å². The molecule has 0 saturated carbocycles. The van der Waals surface area contributed by atoms with Crippen LogP contribution in [0, 0.1) is 0 Å². The topological polar surface area (TPSA) is 54.4 Å². The normalized spacial score (nSPS) is 9.62. The lowest BCUT2D eigenvalue weighted by Crippen LogP contribution is -2.04. The summed E-state index contributed by atoms with van der Waals surface area (Å²) in [6, 6.07) is 5.85. The van der Waals surface area contributed by atoms with Crippen molar-refractivity contribution in [2.24, 2.45) is 0 Å². The number of hydrogen-bond acceptors (Lipinski definition) is 3. The maximum absolute atomic E-state index is 11.3. The summed E-state index contributed by atoms with van der Waals surface area (Å²) in [5, 5.41) is 8.94. The van der Waals surface area contributed by atoms with Crippen LogP contribution in [0.2, 0.25) is 0 Å². The van der Waals surface area contributed by atoms with Crippen LogP contribution in [0.1, 0.15) is 23.7 Å². The van der Waals surface area contributed by atoms with Crippen LogP contribution >= 0.6 is 0 Å². The Kier molecular flexibility index (Phi) is 2.80. The summed E-state index contributed by atoms with van der Waals surface area (Å²) in [4.78, 5) is 21.9. The minimum absolute atomic E-state index is 0.0786. The summed E-state index contributed by atoms with van der Waals surface area (Å²) in [6.45, 7) is 1.37. The van der Waals surface area contributed by atoms with Crippen molar-refractivity contribution in [1.82, 2.24) is 0 Å². The highest BCUT2D eigenvalue weighted by Crippen LogP contribution is 2.11. The average Bonchev–Trinajstić information content (AvgIpc) is 2.04. The summed E-state index contributed by atoms with van der Waals surface area (Å²) in [7, 11) is 0. The van der Waals surface area contributed by atoms with Crippen LogP contribution in [0.15, 0.2) is 24.3 Å². The second kappa shape index (κ2) is 3.85. The lowest BCUT2D eigenvalue weighted by atomic mass is 10.1. The molecule has 0 aliphatic heterocycles. The van der Waals surface area contributed by atoms with E-state index >= 15 is 0 Å². The Hall–Kier alpha value is -1.64. The van der Waals surface area contributed by atoms with Crippen LogP contribution < -0.4 is 0 Å². The number of ketones is 2. The van der Waals surface area contributed by atoms with Crippen molar-refractivity contribution in [1.29, 1.82) is 0 Å². The van der Waals surface area contributed by atoms with Gasteiger partial charge in [-0.15, -0.1) is 0 Å². The third-order valence-corrected chi connectivity index (χ3v) is 1.60. The first-order valence-corrected chi connectivity index (χ1v) is 3.91. The van der Waals surface area contributed by atoms with Crippen molar-refractivity contribution in [3.8, 4) is 5.75 Å². The lowest BCUT2D eigenvalue weighted by Gasteiger charge is -1.97. The summed E-state index contributed by atoms with van der Waals surface area (Å²) in [5.74, 6) is -0.259. The monoisotopic (exact) mass is 178 g/mol. The number of Topliss-reactive ketones (excluding diaryl/α,β-unsaturated/α-hetero) is 2. The van der Waals surface area contributed by atoms with Crippen LogP contribution in [0.5, 0.6) is 5.75 Å². The molecule has 3 nitrogen and oxygen atoms in total. The van der Waals surface area contributed by atoms with Gasteiger partial charge in [-0.25, -0.2) is 0 Å². The van der Waals surface area contributed by atoms with Gasteiger partial charge in [0.05, 0.1) is 6.42 Å². The van der Waals surface area contributed by atoms with Gasteiger partial charge in [-0.2, -0.15) is 0 Å². The molecule has 0 saturated heterocycles. The largest absolute Gasteiger partial charge is 0.508 e. The summed E-state index contributed by atoms with van der Waals surface area (Å²) in [5.41, 5.74) is 0.452. The standard InChI is InChI=1S/C10H10O3/c1-7(11)6-10(13)8-2-4-9(12)5-3-8/h2-5,12H,6H2,1H3. The van der Waals surface area contributed by atoms with Crippen molar-refractivity contribution in [3.63, 3.8) is 0 Å². The van der Waals surface area contributed by atoms with Gasteiger partial charge >= 0.3 is 0 Å². The highest BCUT2D eigenvalue weighted by molar-refractivity contribution is 6.07. The highest BCUT2D eigenvalue weighted by Gasteiger charge is 2.07. The fourth-order valence-electron chi connectivity index (χ4n) is 0.975. The number of carbonyl (C=O) groups is 2. The first-order chi connectivity index (χ1) is 6.09. The van der Waals surface area contributed by atoms with Gasteiger partial charge in [0.2, 0.25) is 0 Å². The van der Waals surface area contributed by atoms with Crippen LogP contribution in [-0.4, -0.2) is 16.7 Å². The van der Waals surface area contributed by atoms with Crippen molar-refractivity contribution >= 4 is 11.6 Å². The summed E-state index contributed by atoms with van der Waals surface area (Å²) < 4.78 is 0. The molecule has 0 aliphatic rings. The fraction of sp³-hybridized carbons (Fsp3) is 0.200. The van der Waals surface area contributed by atoms with Crippen LogP contribution in [0.4, 0.5) is 0 Å². The minimum Gasteiger partial charge on any atom is -0.508 e. The molecular weight excluding hydrogens is 168 g/mol. The van der Waals surface area contributed by atoms with E-state index in [0.717, 1.165) is 0 Å². The van der Waals surface area contributed by atoms with Gasteiger partial charge in [0.1, 0.15) is 11.5 Å². The second-order valence-corrected chi connectivity index (χ2v) is 2.85. The van der Waals surface area contributed by atoms with E-state index in [-0.39, 0.29) is 23.7 Å². The zero-order valence-electron chi connectivity index (χ0n) is 7.28. The van der Waals surface area contributed by atoms with E-state index in [1.807, 2.05) is 0 Å². The predicted molar refractivity (Wildman–Crippen MR) is 47.7 cm³/mol. The van der Waals surface area contributed by atoms with Crippen molar-refractivity contribution in [2.75, 3.05) is 0 Å². The first-order valence-electron chi connectivity index (χ1n) is 3.91. The minimum atomic E-state index is -0.215. The number of aromatic hydroxyl groups is 1. The van der Waals surface area contributed by atoms with Crippen LogP contribution in [0.25, 0.3) is 0 Å². The Bertz CT molecular complexity index is 325. The van der Waals surface area contributed by atoms with E-state index < -0.39 is 0 Å². The molecule has 1 N–H and O–H groups in total. The van der Waals surface area contributed by atoms with Crippen LogP contribution in [-0.2, 0) is 4.79 Å². The molecule has 3 heteroatoms. The molecule has 0 atom stereocenters. The van der Waals surface area contributed by atoms with Gasteiger partial charge in [-0.3, -0.25) is 9.59 Å². The van der Waals surface area contributed by atoms with Crippen molar-refractivity contribution in [3.05, 3.63) is 29.8 Å². The van der Waals surface area contributed by atoms with Crippen LogP contribution in [0.3, 0.4) is 0 Å². The molecule has 0 heterocycles. The zero-order valence-corrected chi connectivity index (χ0v) is 7.28. The number of carbonyl (C=O) groups excluding carboxylic acids is 2. The third kappa shape index (κ3) is 2.71. The SMILES string of the molecule is CC(=O)CC(=O)c1ccc(O)cc1. The van der Waals surface area contributed by atoms with Gasteiger partial charge < -0.3 is 5.11 Å². The molecule has 1 aromatic carbocycles. The summed E-state index contributed by atoms with van der Waals surface area (Å²) in [6.07, 6.45) is -0.0786. The number of phenols is 1. The fourth-order valence-corrected chi connectivity index (χ4v) is 0.975. The van der Waals surface area contributed by atoms with E-state index in [1.54, 1.807) is 0 Å². The molecule has 0 fully saturated rings. The Morgan fingerprint density at radius 3 is 2.23 bits per heavy atom. The van der Waals surface area contributed by atoms with Crippen molar-refractivity contribution < 1.29 is 14.7 Å². The second-order valence-electron chi connectivity index (χ2n) is 2.85. The van der Waals surface area contributed by atoms with Gasteiger partial charge in [0, 0.05) is 5.56 Å². The predicted octanol–water partition coefficient (Wildman–Crippen LogP) is 1.55. The molecular formula is C10H10O3. The van der Waals surface area contributed by atoms with Crippen molar-refractivity contribution in [2.45, 2.75) is 13.3 Å². The Balaban J connectivity index is 2.78. The highest BCUT2D eigenvalue weighted by atomic mass is 16.3. The number of benzene rings is 1. The van der Waals surface area contributed by atoms with E-state index in [4.69, 9.17) is 5.11 Å². The molecule has 0 spiro atoms. The summed E-state index contributed by atoms with van der Waals surface area (Å²) >= 11 is 0. The van der Waals surface area contributed by atoms with Gasteiger partial charge in [-0.1, -0.05) is 0 Å². The molecule has 1 rings (SSSR count). The Labute approximate surface area is 76.0 Å². The van der Waals surface area contributed by atoms with Gasteiger partial charge in [0.25, 0.3) is 0 Å². The van der Waals surface area contributed by atoms with E-state index in [1.165, 1.54) is 31.2 Å². The molecule has 0 unspecified atom stereocenters. The van der Waals surface area contributed by atoms with Gasteiger partial charge in [-0.05, 0) is 31.2 Å². The molecule has 68 valence electrons. The van der Waals surface area contributed by atoms with E-state index in [0.29, 0.717) is 5.56 Å². The average molecular weight is 178 g/mol. The number of rotatable bonds is 3. The maximum Gasteiger partial charge on any atom is 0.170 e. The first kappa shape index (κ1) is 9.45. The Morgan fingerprint density at radius 2 is 1.77 bits per heavy atom. The number of phenolic OH excluding ortho intramolecular Hbond substituents is 1. The van der Waals surface area contributed by atoms with E-state index in [9.17, 15) is 9.59 Å². The molecule has 0 aromatic heterocycles. The third-order valence-electron chi connectivity index (χ3n) is 1.60. The number of hydrogen-bond donors (Lipinski definition) is 1.